The maximum Gasteiger partial charge on any atom is 0.308 e. The van der Waals surface area contributed by atoms with Gasteiger partial charge in [-0.25, -0.2) is 0 Å². The van der Waals surface area contributed by atoms with Crippen LogP contribution >= 0.6 is 0 Å². The minimum atomic E-state index is -1.92. The van der Waals surface area contributed by atoms with E-state index in [1.165, 1.54) is 0 Å². The zero-order valence-corrected chi connectivity index (χ0v) is 22.8. The third-order valence-corrected chi connectivity index (χ3v) is 6.71. The number of aliphatic carboxylic acids is 1. The SMILES string of the molecule is C[C@@](O)(CC(=O)O)CC(=O)OC[C@@H]1O[C@H](OC/C=C/c2ccccc2)[C@@H](O)[C@H](O)[C@H]1O[C@@H]1O[C@H](CO)[C@@H](O)[C@H](O)[C@@H]1O. The van der Waals surface area contributed by atoms with Crippen LogP contribution in [0.3, 0.4) is 0 Å². The lowest BCUT2D eigenvalue weighted by Crippen LogP contribution is -2.64. The maximum atomic E-state index is 12.4. The first-order chi connectivity index (χ1) is 19.8. The number of esters is 1. The monoisotopic (exact) mass is 602 g/mol. The second kappa shape index (κ2) is 15.3. The van der Waals surface area contributed by atoms with Crippen molar-refractivity contribution < 1.29 is 74.1 Å². The molecule has 0 aliphatic carbocycles. The van der Waals surface area contributed by atoms with Gasteiger partial charge in [-0.3, -0.25) is 9.59 Å². The molecule has 2 aliphatic heterocycles. The Morgan fingerprint density at radius 2 is 1.55 bits per heavy atom. The number of hydrogen-bond acceptors (Lipinski definition) is 14. The maximum absolute atomic E-state index is 12.4. The number of carboxylic acids is 1. The van der Waals surface area contributed by atoms with Gasteiger partial charge in [0.25, 0.3) is 0 Å². The predicted molar refractivity (Wildman–Crippen MR) is 139 cm³/mol. The summed E-state index contributed by atoms with van der Waals surface area (Å²) in [7, 11) is 0. The van der Waals surface area contributed by atoms with Crippen molar-refractivity contribution in [2.24, 2.45) is 0 Å². The molecule has 1 aromatic rings. The minimum Gasteiger partial charge on any atom is -0.481 e. The van der Waals surface area contributed by atoms with Gasteiger partial charge in [-0.2, -0.15) is 0 Å². The molecule has 11 atom stereocenters. The second-order valence-corrected chi connectivity index (χ2v) is 10.4. The molecule has 42 heavy (non-hydrogen) atoms. The molecule has 2 fully saturated rings. The molecule has 2 saturated heterocycles. The standard InChI is InChI=1S/C27H38O15/c1-27(37,10-17(29)30)11-18(31)39-13-16-24(42-26-22(35)20(33)19(32)15(12-28)40-26)21(34)23(36)25(41-16)38-9-5-8-14-6-3-2-4-7-14/h2-8,15-16,19-26,28,32-37H,9-13H2,1H3,(H,29,30)/b8-5+/t15-,16+,19-,20+,21+,22+,23+,24+,25+,26+,27-/m1/s1. The predicted octanol–water partition coefficient (Wildman–Crippen LogP) is -2.49. The summed E-state index contributed by atoms with van der Waals surface area (Å²) < 4.78 is 27.4. The van der Waals surface area contributed by atoms with Crippen LogP contribution in [0.15, 0.2) is 36.4 Å². The number of aliphatic hydroxyl groups is 7. The first-order valence-corrected chi connectivity index (χ1v) is 13.2. The summed E-state index contributed by atoms with van der Waals surface area (Å²) >= 11 is 0. The van der Waals surface area contributed by atoms with Crippen LogP contribution < -0.4 is 0 Å². The molecule has 1 aromatic carbocycles. The Kier molecular flexibility index (Phi) is 12.3. The summed E-state index contributed by atoms with van der Waals surface area (Å²) in [5.41, 5.74) is -1.04. The third kappa shape index (κ3) is 9.23. The van der Waals surface area contributed by atoms with Crippen LogP contribution in [0.2, 0.25) is 0 Å². The van der Waals surface area contributed by atoms with Crippen molar-refractivity contribution >= 4 is 18.0 Å². The Labute approximate surface area is 241 Å². The molecule has 0 amide bonds. The van der Waals surface area contributed by atoms with Crippen LogP contribution in [0.4, 0.5) is 0 Å². The van der Waals surface area contributed by atoms with Gasteiger partial charge in [0, 0.05) is 0 Å². The van der Waals surface area contributed by atoms with Gasteiger partial charge in [-0.05, 0) is 12.5 Å². The van der Waals surface area contributed by atoms with Crippen LogP contribution in [-0.4, -0.2) is 140 Å². The first-order valence-electron chi connectivity index (χ1n) is 13.2. The van der Waals surface area contributed by atoms with E-state index in [4.69, 9.17) is 28.8 Å². The van der Waals surface area contributed by atoms with Gasteiger partial charge in [0.05, 0.1) is 31.7 Å². The van der Waals surface area contributed by atoms with Crippen molar-refractivity contribution in [1.29, 1.82) is 0 Å². The van der Waals surface area contributed by atoms with E-state index < -0.39 is 105 Å². The van der Waals surface area contributed by atoms with Gasteiger partial charge in [-0.15, -0.1) is 0 Å². The molecule has 0 unspecified atom stereocenters. The van der Waals surface area contributed by atoms with Crippen molar-refractivity contribution in [2.45, 2.75) is 86.8 Å². The highest BCUT2D eigenvalue weighted by Gasteiger charge is 2.51. The number of carbonyl (C=O) groups is 2. The van der Waals surface area contributed by atoms with Crippen molar-refractivity contribution in [3.05, 3.63) is 42.0 Å². The Morgan fingerprint density at radius 1 is 0.905 bits per heavy atom. The largest absolute Gasteiger partial charge is 0.481 e. The van der Waals surface area contributed by atoms with Crippen molar-refractivity contribution in [2.75, 3.05) is 19.8 Å². The van der Waals surface area contributed by atoms with Gasteiger partial charge in [0.2, 0.25) is 0 Å². The summed E-state index contributed by atoms with van der Waals surface area (Å²) in [6.45, 7) is -0.321. The van der Waals surface area contributed by atoms with Gasteiger partial charge in [0.1, 0.15) is 55.4 Å². The molecule has 8 N–H and O–H groups in total. The van der Waals surface area contributed by atoms with Crippen molar-refractivity contribution in [1.82, 2.24) is 0 Å². The number of hydrogen-bond donors (Lipinski definition) is 8. The van der Waals surface area contributed by atoms with Crippen LogP contribution in [0, 0.1) is 0 Å². The molecular weight excluding hydrogens is 564 g/mol. The summed E-state index contributed by atoms with van der Waals surface area (Å²) in [5, 5.41) is 80.7. The number of rotatable bonds is 13. The molecule has 0 saturated carbocycles. The van der Waals surface area contributed by atoms with E-state index in [0.29, 0.717) is 0 Å². The highest BCUT2D eigenvalue weighted by Crippen LogP contribution is 2.30. The zero-order chi connectivity index (χ0) is 31.0. The summed E-state index contributed by atoms with van der Waals surface area (Å²) in [5.74, 6) is -2.35. The highest BCUT2D eigenvalue weighted by molar-refractivity contribution is 5.73. The Hall–Kier alpha value is -2.54. The van der Waals surface area contributed by atoms with E-state index in [0.717, 1.165) is 12.5 Å². The highest BCUT2D eigenvalue weighted by atomic mass is 16.7. The van der Waals surface area contributed by atoms with Crippen molar-refractivity contribution in [3.8, 4) is 0 Å². The fourth-order valence-corrected chi connectivity index (χ4v) is 4.50. The van der Waals surface area contributed by atoms with Gasteiger partial charge in [0.15, 0.2) is 12.6 Å². The molecule has 0 spiro atoms. The fourth-order valence-electron chi connectivity index (χ4n) is 4.50. The van der Waals surface area contributed by atoms with E-state index in [2.05, 4.69) is 0 Å². The van der Waals surface area contributed by atoms with Crippen molar-refractivity contribution in [3.63, 3.8) is 0 Å². The number of aliphatic hydroxyl groups excluding tert-OH is 6. The van der Waals surface area contributed by atoms with E-state index in [-0.39, 0.29) is 6.61 Å². The fraction of sp³-hybridized carbons (Fsp3) is 0.630. The molecule has 0 aromatic heterocycles. The van der Waals surface area contributed by atoms with Gasteiger partial charge < -0.3 is 64.5 Å². The summed E-state index contributed by atoms with van der Waals surface area (Å²) in [6, 6.07) is 9.24. The molecule has 15 nitrogen and oxygen atoms in total. The lowest BCUT2D eigenvalue weighted by atomic mass is 9.97. The zero-order valence-electron chi connectivity index (χ0n) is 22.8. The quantitative estimate of drug-likeness (QED) is 0.109. The van der Waals surface area contributed by atoms with Crippen LogP contribution in [0.5, 0.6) is 0 Å². The minimum absolute atomic E-state index is 0.0634. The lowest BCUT2D eigenvalue weighted by Gasteiger charge is -2.46. The molecule has 3 rings (SSSR count). The van der Waals surface area contributed by atoms with E-state index in [1.807, 2.05) is 30.3 Å². The average molecular weight is 603 g/mol. The van der Waals surface area contributed by atoms with E-state index in [9.17, 15) is 45.3 Å². The molecule has 0 bridgehead atoms. The molecule has 15 heteroatoms. The molecular formula is C27H38O15. The summed E-state index contributed by atoms with van der Waals surface area (Å²) in [6.07, 6.45) is -14.3. The smallest absolute Gasteiger partial charge is 0.308 e. The van der Waals surface area contributed by atoms with E-state index in [1.54, 1.807) is 12.2 Å². The van der Waals surface area contributed by atoms with E-state index >= 15 is 0 Å². The number of benzene rings is 1. The Bertz CT molecular complexity index is 1030. The van der Waals surface area contributed by atoms with Gasteiger partial charge >= 0.3 is 11.9 Å². The normalized spacial score (nSPS) is 35.0. The Morgan fingerprint density at radius 3 is 2.19 bits per heavy atom. The van der Waals surface area contributed by atoms with Crippen LogP contribution in [-0.2, 0) is 33.3 Å². The number of carbonyl (C=O) groups excluding carboxylic acids is 1. The topological polar surface area (TPSA) is 242 Å². The first kappa shape index (κ1) is 34.0. The van der Waals surface area contributed by atoms with Crippen LogP contribution in [0.1, 0.15) is 25.3 Å². The molecule has 2 heterocycles. The second-order valence-electron chi connectivity index (χ2n) is 10.4. The average Bonchev–Trinajstić information content (AvgIpc) is 2.93. The van der Waals surface area contributed by atoms with Gasteiger partial charge in [-0.1, -0.05) is 42.5 Å². The molecule has 2 aliphatic rings. The number of ether oxygens (including phenoxy) is 5. The van der Waals surface area contributed by atoms with Crippen LogP contribution in [0.25, 0.3) is 6.08 Å². The number of carboxylic acid groups (broad SMARTS) is 1. The Balaban J connectivity index is 1.72. The molecule has 0 radical (unpaired) electrons. The third-order valence-electron chi connectivity index (χ3n) is 6.71. The molecule has 236 valence electrons. The summed E-state index contributed by atoms with van der Waals surface area (Å²) in [4.78, 5) is 23.3. The lowest BCUT2D eigenvalue weighted by molar-refractivity contribution is -0.358.